The molecule has 0 saturated heterocycles. The molecular weight excluding hydrogens is 284 g/mol. The summed E-state index contributed by atoms with van der Waals surface area (Å²) in [4.78, 5) is 2.46. The predicted octanol–water partition coefficient (Wildman–Crippen LogP) is 2.55. The molecule has 0 fully saturated rings. The average molecular weight is 314 g/mol. The molecule has 0 aliphatic carbocycles. The first-order valence-corrected chi connectivity index (χ1v) is 8.69. The Labute approximate surface area is 140 Å². The predicted molar refractivity (Wildman–Crippen MR) is 96.4 cm³/mol. The molecule has 1 aromatic carbocycles. The Morgan fingerprint density at radius 3 is 2.43 bits per heavy atom. The van der Waals surface area contributed by atoms with Crippen molar-refractivity contribution < 1.29 is 0 Å². The van der Waals surface area contributed by atoms with Crippen molar-refractivity contribution in [3.8, 4) is 0 Å². The minimum atomic E-state index is 0.692. The highest BCUT2D eigenvalue weighted by molar-refractivity contribution is 5.26. The van der Waals surface area contributed by atoms with Gasteiger partial charge in [-0.1, -0.05) is 44.2 Å². The summed E-state index contributed by atoms with van der Waals surface area (Å²) >= 11 is 0. The molecule has 4 nitrogen and oxygen atoms in total. The van der Waals surface area contributed by atoms with Crippen LogP contribution in [0.25, 0.3) is 0 Å². The summed E-state index contributed by atoms with van der Waals surface area (Å²) in [5.41, 5.74) is 11.2. The zero-order valence-electron chi connectivity index (χ0n) is 14.8. The lowest BCUT2D eigenvalue weighted by atomic mass is 10.1. The normalized spacial score (nSPS) is 11.3. The number of benzene rings is 1. The zero-order valence-corrected chi connectivity index (χ0v) is 14.8. The molecule has 0 atom stereocenters. The van der Waals surface area contributed by atoms with Crippen molar-refractivity contribution in [3.63, 3.8) is 0 Å². The maximum absolute atomic E-state index is 5.84. The summed E-state index contributed by atoms with van der Waals surface area (Å²) in [5.74, 6) is 0. The smallest absolute Gasteiger partial charge is 0.0669 e. The minimum Gasteiger partial charge on any atom is -0.329 e. The van der Waals surface area contributed by atoms with Gasteiger partial charge in [-0.05, 0) is 24.8 Å². The Morgan fingerprint density at radius 2 is 1.83 bits per heavy atom. The van der Waals surface area contributed by atoms with Gasteiger partial charge in [-0.25, -0.2) is 0 Å². The molecule has 0 aliphatic rings. The fourth-order valence-corrected chi connectivity index (χ4v) is 3.18. The van der Waals surface area contributed by atoms with Crippen molar-refractivity contribution in [2.45, 2.75) is 39.7 Å². The third kappa shape index (κ3) is 4.66. The van der Waals surface area contributed by atoms with Crippen LogP contribution in [0.3, 0.4) is 0 Å². The Bertz CT molecular complexity index is 589. The highest BCUT2D eigenvalue weighted by Gasteiger charge is 2.16. The summed E-state index contributed by atoms with van der Waals surface area (Å²) in [7, 11) is 2.05. The lowest BCUT2D eigenvalue weighted by molar-refractivity contribution is 0.275. The molecule has 1 aromatic heterocycles. The third-order valence-corrected chi connectivity index (χ3v) is 4.41. The van der Waals surface area contributed by atoms with Crippen molar-refractivity contribution in [1.29, 1.82) is 0 Å². The van der Waals surface area contributed by atoms with Crippen molar-refractivity contribution in [2.24, 2.45) is 12.8 Å². The van der Waals surface area contributed by atoms with Gasteiger partial charge in [-0.15, -0.1) is 0 Å². The lowest BCUT2D eigenvalue weighted by Crippen LogP contribution is -2.31. The van der Waals surface area contributed by atoms with Crippen LogP contribution in [0.2, 0.25) is 0 Å². The van der Waals surface area contributed by atoms with E-state index in [-0.39, 0.29) is 0 Å². The topological polar surface area (TPSA) is 47.1 Å². The van der Waals surface area contributed by atoms with Crippen LogP contribution >= 0.6 is 0 Å². The quantitative estimate of drug-likeness (QED) is 0.774. The molecule has 0 unspecified atom stereocenters. The van der Waals surface area contributed by atoms with Gasteiger partial charge in [0.15, 0.2) is 0 Å². The van der Waals surface area contributed by atoms with Crippen LogP contribution in [-0.2, 0) is 32.9 Å². The molecule has 2 N–H and O–H groups in total. The Balaban J connectivity index is 2.10. The van der Waals surface area contributed by atoms with Crippen LogP contribution in [0.4, 0.5) is 0 Å². The number of aryl methyl sites for hydroxylation is 2. The maximum atomic E-state index is 5.84. The molecule has 126 valence electrons. The van der Waals surface area contributed by atoms with Crippen LogP contribution in [0, 0.1) is 0 Å². The summed E-state index contributed by atoms with van der Waals surface area (Å²) in [6, 6.07) is 10.7. The van der Waals surface area contributed by atoms with E-state index < -0.39 is 0 Å². The van der Waals surface area contributed by atoms with E-state index in [0.717, 1.165) is 38.9 Å². The standard InChI is InChI=1S/C19H30N4/c1-4-18-17(19(5-2)22(3)21-18)15-23(14-12-20)13-11-16-9-7-6-8-10-16/h6-10H,4-5,11-15,20H2,1-3H3. The summed E-state index contributed by atoms with van der Waals surface area (Å²) in [5, 5.41) is 4.69. The molecule has 23 heavy (non-hydrogen) atoms. The van der Waals surface area contributed by atoms with E-state index >= 15 is 0 Å². The Kier molecular flexibility index (Phi) is 6.81. The van der Waals surface area contributed by atoms with Gasteiger partial charge in [0.25, 0.3) is 0 Å². The average Bonchev–Trinajstić information content (AvgIpc) is 2.88. The van der Waals surface area contributed by atoms with Gasteiger partial charge in [0.2, 0.25) is 0 Å². The second-order valence-corrected chi connectivity index (χ2v) is 6.00. The van der Waals surface area contributed by atoms with Crippen LogP contribution < -0.4 is 5.73 Å². The fraction of sp³-hybridized carbons (Fsp3) is 0.526. The SMILES string of the molecule is CCc1nn(C)c(CC)c1CN(CCN)CCc1ccccc1. The molecule has 0 amide bonds. The molecule has 2 rings (SSSR count). The van der Waals surface area contributed by atoms with Crippen molar-refractivity contribution in [2.75, 3.05) is 19.6 Å². The first-order valence-electron chi connectivity index (χ1n) is 8.69. The third-order valence-electron chi connectivity index (χ3n) is 4.41. The molecule has 0 saturated carbocycles. The first-order chi connectivity index (χ1) is 11.2. The van der Waals surface area contributed by atoms with E-state index in [1.54, 1.807) is 0 Å². The van der Waals surface area contributed by atoms with Gasteiger partial charge in [0.1, 0.15) is 0 Å². The number of nitrogens with two attached hydrogens (primary N) is 1. The number of hydrogen-bond donors (Lipinski definition) is 1. The molecule has 2 aromatic rings. The van der Waals surface area contributed by atoms with E-state index in [1.165, 1.54) is 22.5 Å². The lowest BCUT2D eigenvalue weighted by Gasteiger charge is -2.22. The van der Waals surface area contributed by atoms with Gasteiger partial charge in [0, 0.05) is 44.5 Å². The molecule has 0 aliphatic heterocycles. The van der Waals surface area contributed by atoms with E-state index in [4.69, 9.17) is 10.8 Å². The van der Waals surface area contributed by atoms with E-state index in [9.17, 15) is 0 Å². The second-order valence-electron chi connectivity index (χ2n) is 6.00. The summed E-state index contributed by atoms with van der Waals surface area (Å²) in [6.45, 7) is 7.98. The Hall–Kier alpha value is -1.65. The zero-order chi connectivity index (χ0) is 16.7. The first kappa shape index (κ1) is 17.7. The molecule has 1 heterocycles. The molecule has 0 bridgehead atoms. The largest absolute Gasteiger partial charge is 0.329 e. The molecule has 0 radical (unpaired) electrons. The number of rotatable bonds is 9. The van der Waals surface area contributed by atoms with Gasteiger partial charge in [0.05, 0.1) is 5.69 Å². The van der Waals surface area contributed by atoms with Crippen molar-refractivity contribution >= 4 is 0 Å². The summed E-state index contributed by atoms with van der Waals surface area (Å²) in [6.07, 6.45) is 3.07. The maximum Gasteiger partial charge on any atom is 0.0669 e. The van der Waals surface area contributed by atoms with Crippen molar-refractivity contribution in [1.82, 2.24) is 14.7 Å². The van der Waals surface area contributed by atoms with Gasteiger partial charge < -0.3 is 5.73 Å². The molecule has 4 heteroatoms. The second kappa shape index (κ2) is 8.85. The highest BCUT2D eigenvalue weighted by Crippen LogP contribution is 2.18. The minimum absolute atomic E-state index is 0.692. The van der Waals surface area contributed by atoms with E-state index in [1.807, 2.05) is 4.68 Å². The molecule has 0 spiro atoms. The highest BCUT2D eigenvalue weighted by atomic mass is 15.3. The fourth-order valence-electron chi connectivity index (χ4n) is 3.18. The van der Waals surface area contributed by atoms with Crippen LogP contribution in [-0.4, -0.2) is 34.3 Å². The number of hydrogen-bond acceptors (Lipinski definition) is 3. The van der Waals surface area contributed by atoms with Crippen molar-refractivity contribution in [3.05, 3.63) is 52.8 Å². The van der Waals surface area contributed by atoms with E-state index in [0.29, 0.717) is 6.54 Å². The molecular formula is C19H30N4. The van der Waals surface area contributed by atoms with Gasteiger partial charge >= 0.3 is 0 Å². The van der Waals surface area contributed by atoms with Gasteiger partial charge in [-0.2, -0.15) is 5.10 Å². The Morgan fingerprint density at radius 1 is 1.09 bits per heavy atom. The van der Waals surface area contributed by atoms with Crippen LogP contribution in [0.15, 0.2) is 30.3 Å². The monoisotopic (exact) mass is 314 g/mol. The number of aromatic nitrogens is 2. The van der Waals surface area contributed by atoms with Crippen LogP contribution in [0.5, 0.6) is 0 Å². The summed E-state index contributed by atoms with van der Waals surface area (Å²) < 4.78 is 2.05. The number of nitrogens with zero attached hydrogens (tertiary/aromatic N) is 3. The van der Waals surface area contributed by atoms with E-state index in [2.05, 4.69) is 56.1 Å². The van der Waals surface area contributed by atoms with Gasteiger partial charge in [-0.3, -0.25) is 9.58 Å². The van der Waals surface area contributed by atoms with Crippen LogP contribution in [0.1, 0.15) is 36.4 Å².